The minimum Gasteiger partial charge on any atom is -0.338 e. The minimum atomic E-state index is -1.05. The molecule has 1 saturated heterocycles. The summed E-state index contributed by atoms with van der Waals surface area (Å²) in [5.41, 5.74) is -0.158. The summed E-state index contributed by atoms with van der Waals surface area (Å²) in [6, 6.07) is 3.16. The standard InChI is InChI=1S/C16H24F2N4O/c1-12(11-22-8-6-21(2)7-9-22)10-19-16(23)20-14-5-3-4-13(17)15(14)18/h3-5,12H,6-11H2,1-2H3,(H2,19,20,23). The molecule has 1 aliphatic rings. The fraction of sp³-hybridized carbons (Fsp3) is 0.562. The summed E-state index contributed by atoms with van der Waals surface area (Å²) < 4.78 is 26.5. The molecule has 1 heterocycles. The molecule has 0 radical (unpaired) electrons. The van der Waals surface area contributed by atoms with Gasteiger partial charge >= 0.3 is 6.03 Å². The Morgan fingerprint density at radius 3 is 2.65 bits per heavy atom. The molecule has 1 atom stereocenters. The number of amides is 2. The van der Waals surface area contributed by atoms with Crippen LogP contribution in [0.2, 0.25) is 0 Å². The lowest BCUT2D eigenvalue weighted by Gasteiger charge is -2.33. The van der Waals surface area contributed by atoms with Crippen molar-refractivity contribution < 1.29 is 13.6 Å². The van der Waals surface area contributed by atoms with Gasteiger partial charge in [-0.3, -0.25) is 0 Å². The highest BCUT2D eigenvalue weighted by molar-refractivity contribution is 5.89. The van der Waals surface area contributed by atoms with Gasteiger partial charge in [0.2, 0.25) is 0 Å². The van der Waals surface area contributed by atoms with Crippen LogP contribution in [0.4, 0.5) is 19.3 Å². The molecule has 0 aromatic heterocycles. The van der Waals surface area contributed by atoms with E-state index in [9.17, 15) is 13.6 Å². The van der Waals surface area contributed by atoms with Crippen LogP contribution in [-0.2, 0) is 0 Å². The number of benzene rings is 1. The number of nitrogens with one attached hydrogen (secondary N) is 2. The topological polar surface area (TPSA) is 47.6 Å². The number of urea groups is 1. The van der Waals surface area contributed by atoms with Crippen LogP contribution in [0.5, 0.6) is 0 Å². The summed E-state index contributed by atoms with van der Waals surface area (Å²) in [5, 5.41) is 5.03. The Morgan fingerprint density at radius 1 is 1.26 bits per heavy atom. The summed E-state index contributed by atoms with van der Waals surface area (Å²) in [4.78, 5) is 16.4. The number of rotatable bonds is 5. The molecule has 1 aromatic carbocycles. The average molecular weight is 326 g/mol. The van der Waals surface area contributed by atoms with E-state index in [1.165, 1.54) is 12.1 Å². The molecule has 0 spiro atoms. The first-order chi connectivity index (χ1) is 11.0. The maximum atomic E-state index is 13.5. The van der Waals surface area contributed by atoms with Crippen LogP contribution in [0.15, 0.2) is 18.2 Å². The molecule has 7 heteroatoms. The van der Waals surface area contributed by atoms with Crippen molar-refractivity contribution in [1.29, 1.82) is 0 Å². The van der Waals surface area contributed by atoms with Crippen molar-refractivity contribution in [3.8, 4) is 0 Å². The fourth-order valence-corrected chi connectivity index (χ4v) is 2.57. The van der Waals surface area contributed by atoms with Crippen LogP contribution in [-0.4, -0.2) is 62.1 Å². The first-order valence-electron chi connectivity index (χ1n) is 7.85. The van der Waals surface area contributed by atoms with Crippen molar-refractivity contribution in [3.63, 3.8) is 0 Å². The number of carbonyl (C=O) groups is 1. The maximum Gasteiger partial charge on any atom is 0.319 e. The molecule has 1 unspecified atom stereocenters. The van der Waals surface area contributed by atoms with E-state index in [1.54, 1.807) is 0 Å². The van der Waals surface area contributed by atoms with Gasteiger partial charge in [-0.05, 0) is 25.1 Å². The van der Waals surface area contributed by atoms with E-state index in [-0.39, 0.29) is 11.6 Å². The third-order valence-electron chi connectivity index (χ3n) is 3.98. The van der Waals surface area contributed by atoms with Crippen molar-refractivity contribution in [3.05, 3.63) is 29.8 Å². The second-order valence-corrected chi connectivity index (χ2v) is 6.15. The molecule has 128 valence electrons. The van der Waals surface area contributed by atoms with Crippen LogP contribution in [0.25, 0.3) is 0 Å². The molecule has 0 aliphatic carbocycles. The van der Waals surface area contributed by atoms with E-state index in [1.807, 2.05) is 0 Å². The van der Waals surface area contributed by atoms with Crippen LogP contribution < -0.4 is 10.6 Å². The average Bonchev–Trinajstić information content (AvgIpc) is 2.52. The van der Waals surface area contributed by atoms with Crippen molar-refractivity contribution in [2.45, 2.75) is 6.92 Å². The zero-order chi connectivity index (χ0) is 16.8. The van der Waals surface area contributed by atoms with Crippen molar-refractivity contribution in [2.24, 2.45) is 5.92 Å². The molecule has 2 rings (SSSR count). The molecular formula is C16H24F2N4O. The van der Waals surface area contributed by atoms with Gasteiger partial charge in [0, 0.05) is 39.3 Å². The highest BCUT2D eigenvalue weighted by atomic mass is 19.2. The third-order valence-corrected chi connectivity index (χ3v) is 3.98. The minimum absolute atomic E-state index is 0.158. The summed E-state index contributed by atoms with van der Waals surface area (Å²) >= 11 is 0. The third kappa shape index (κ3) is 5.44. The normalized spacial score (nSPS) is 17.7. The van der Waals surface area contributed by atoms with Crippen molar-refractivity contribution >= 4 is 11.7 Å². The Kier molecular flexibility index (Phi) is 6.29. The van der Waals surface area contributed by atoms with Crippen LogP contribution >= 0.6 is 0 Å². The predicted molar refractivity (Wildman–Crippen MR) is 86.5 cm³/mol. The van der Waals surface area contributed by atoms with Crippen molar-refractivity contribution in [2.75, 3.05) is 51.6 Å². The van der Waals surface area contributed by atoms with Gasteiger partial charge in [-0.1, -0.05) is 13.0 Å². The number of halogens is 2. The lowest BCUT2D eigenvalue weighted by atomic mass is 10.1. The molecule has 0 bridgehead atoms. The number of hydrogen-bond donors (Lipinski definition) is 2. The lowest BCUT2D eigenvalue weighted by molar-refractivity contribution is 0.138. The largest absolute Gasteiger partial charge is 0.338 e. The van der Waals surface area contributed by atoms with E-state index >= 15 is 0 Å². The van der Waals surface area contributed by atoms with Gasteiger partial charge in [-0.15, -0.1) is 0 Å². The second-order valence-electron chi connectivity index (χ2n) is 6.15. The summed E-state index contributed by atoms with van der Waals surface area (Å²) in [7, 11) is 2.11. The van der Waals surface area contributed by atoms with Gasteiger partial charge in [0.05, 0.1) is 5.69 Å². The van der Waals surface area contributed by atoms with E-state index in [0.717, 1.165) is 38.8 Å². The highest BCUT2D eigenvalue weighted by Gasteiger charge is 2.17. The number of piperazine rings is 1. The number of nitrogens with zero attached hydrogens (tertiary/aromatic N) is 2. The quantitative estimate of drug-likeness (QED) is 0.870. The molecule has 1 fully saturated rings. The van der Waals surface area contributed by atoms with E-state index in [2.05, 4.69) is 34.4 Å². The molecule has 23 heavy (non-hydrogen) atoms. The molecule has 0 saturated carbocycles. The summed E-state index contributed by atoms with van der Waals surface area (Å²) in [5.74, 6) is -1.75. The van der Waals surface area contributed by atoms with Gasteiger partial charge in [-0.2, -0.15) is 0 Å². The molecule has 1 aromatic rings. The van der Waals surface area contributed by atoms with E-state index < -0.39 is 17.7 Å². The number of hydrogen-bond acceptors (Lipinski definition) is 3. The molecule has 5 nitrogen and oxygen atoms in total. The Bertz CT molecular complexity index is 533. The molecule has 2 amide bonds. The molecule has 1 aliphatic heterocycles. The Hall–Kier alpha value is -1.73. The summed E-state index contributed by atoms with van der Waals surface area (Å²) in [6.07, 6.45) is 0. The summed E-state index contributed by atoms with van der Waals surface area (Å²) in [6.45, 7) is 7.61. The number of anilines is 1. The monoisotopic (exact) mass is 326 g/mol. The number of carbonyl (C=O) groups excluding carboxylic acids is 1. The predicted octanol–water partition coefficient (Wildman–Crippen LogP) is 1.97. The molecule has 2 N–H and O–H groups in total. The highest BCUT2D eigenvalue weighted by Crippen LogP contribution is 2.16. The van der Waals surface area contributed by atoms with Gasteiger partial charge in [0.25, 0.3) is 0 Å². The zero-order valence-corrected chi connectivity index (χ0v) is 13.6. The zero-order valence-electron chi connectivity index (χ0n) is 13.6. The van der Waals surface area contributed by atoms with Crippen LogP contribution in [0.3, 0.4) is 0 Å². The molecular weight excluding hydrogens is 302 g/mol. The first-order valence-corrected chi connectivity index (χ1v) is 7.85. The number of likely N-dealkylation sites (N-methyl/N-ethyl adjacent to an activating group) is 1. The lowest BCUT2D eigenvalue weighted by Crippen LogP contribution is -2.47. The van der Waals surface area contributed by atoms with Gasteiger partial charge in [-0.25, -0.2) is 13.6 Å². The first kappa shape index (κ1) is 17.6. The van der Waals surface area contributed by atoms with Crippen molar-refractivity contribution in [1.82, 2.24) is 15.1 Å². The SMILES string of the molecule is CC(CNC(=O)Nc1cccc(F)c1F)CN1CCN(C)CC1. The fourth-order valence-electron chi connectivity index (χ4n) is 2.57. The van der Waals surface area contributed by atoms with E-state index in [4.69, 9.17) is 0 Å². The Balaban J connectivity index is 1.72. The Labute approximate surface area is 135 Å². The van der Waals surface area contributed by atoms with Gasteiger partial charge in [0.1, 0.15) is 0 Å². The van der Waals surface area contributed by atoms with E-state index in [0.29, 0.717) is 6.54 Å². The second kappa shape index (κ2) is 8.21. The van der Waals surface area contributed by atoms with Crippen LogP contribution in [0, 0.1) is 17.6 Å². The van der Waals surface area contributed by atoms with Gasteiger partial charge < -0.3 is 20.4 Å². The van der Waals surface area contributed by atoms with Gasteiger partial charge in [0.15, 0.2) is 11.6 Å². The Morgan fingerprint density at radius 2 is 1.96 bits per heavy atom. The smallest absolute Gasteiger partial charge is 0.319 e. The van der Waals surface area contributed by atoms with Crippen LogP contribution in [0.1, 0.15) is 6.92 Å². The maximum absolute atomic E-state index is 13.5.